The van der Waals surface area contributed by atoms with Crippen LogP contribution < -0.4 is 5.32 Å². The molecule has 0 aliphatic heterocycles. The summed E-state index contributed by atoms with van der Waals surface area (Å²) in [6, 6.07) is 8.07. The quantitative estimate of drug-likeness (QED) is 0.588. The molecular formula is C13H18BrNO3. The highest BCUT2D eigenvalue weighted by atomic mass is 79.9. The number of hydrogen-bond acceptors (Lipinski definition) is 3. The number of rotatable bonds is 8. The molecule has 0 radical (unpaired) electrons. The Labute approximate surface area is 116 Å². The summed E-state index contributed by atoms with van der Waals surface area (Å²) in [7, 11) is 1.60. The Bertz CT molecular complexity index is 354. The van der Waals surface area contributed by atoms with E-state index < -0.39 is 0 Å². The van der Waals surface area contributed by atoms with Gasteiger partial charge in [-0.3, -0.25) is 4.79 Å². The van der Waals surface area contributed by atoms with Gasteiger partial charge >= 0.3 is 0 Å². The van der Waals surface area contributed by atoms with Crippen molar-refractivity contribution in [1.29, 1.82) is 0 Å². The minimum Gasteiger partial charge on any atom is -0.382 e. The van der Waals surface area contributed by atoms with Gasteiger partial charge in [0.1, 0.15) is 6.61 Å². The van der Waals surface area contributed by atoms with Crippen molar-refractivity contribution in [1.82, 2.24) is 5.32 Å². The van der Waals surface area contributed by atoms with Crippen LogP contribution in [0.5, 0.6) is 0 Å². The maximum absolute atomic E-state index is 11.4. The number of halogens is 1. The van der Waals surface area contributed by atoms with Crippen LogP contribution in [-0.2, 0) is 26.1 Å². The highest BCUT2D eigenvalue weighted by Gasteiger charge is 2.01. The first-order valence-corrected chi connectivity index (χ1v) is 6.85. The van der Waals surface area contributed by atoms with Crippen molar-refractivity contribution in [3.05, 3.63) is 35.4 Å². The average Bonchev–Trinajstić information content (AvgIpc) is 2.42. The first-order valence-electron chi connectivity index (χ1n) is 5.73. The van der Waals surface area contributed by atoms with Gasteiger partial charge in [-0.25, -0.2) is 0 Å². The first kappa shape index (κ1) is 15.1. The van der Waals surface area contributed by atoms with Gasteiger partial charge in [-0.1, -0.05) is 40.2 Å². The Morgan fingerprint density at radius 1 is 1.22 bits per heavy atom. The molecule has 0 fully saturated rings. The Hall–Kier alpha value is -0.910. The Morgan fingerprint density at radius 3 is 2.50 bits per heavy atom. The normalized spacial score (nSPS) is 10.3. The Morgan fingerprint density at radius 2 is 1.89 bits per heavy atom. The third-order valence-electron chi connectivity index (χ3n) is 2.33. The molecule has 0 spiro atoms. The van der Waals surface area contributed by atoms with Crippen LogP contribution in [0.2, 0.25) is 0 Å². The van der Waals surface area contributed by atoms with Gasteiger partial charge in [0.15, 0.2) is 0 Å². The Balaban J connectivity index is 2.20. The monoisotopic (exact) mass is 315 g/mol. The molecule has 0 aliphatic carbocycles. The molecule has 0 bridgehead atoms. The van der Waals surface area contributed by atoms with E-state index in [9.17, 15) is 4.79 Å². The van der Waals surface area contributed by atoms with E-state index in [1.807, 2.05) is 24.3 Å². The van der Waals surface area contributed by atoms with E-state index in [4.69, 9.17) is 9.47 Å². The molecule has 18 heavy (non-hydrogen) atoms. The summed E-state index contributed by atoms with van der Waals surface area (Å²) in [4.78, 5) is 11.4. The van der Waals surface area contributed by atoms with E-state index in [1.54, 1.807) is 7.11 Å². The number of ether oxygens (including phenoxy) is 2. The predicted molar refractivity (Wildman–Crippen MR) is 73.6 cm³/mol. The molecule has 1 aromatic rings. The lowest BCUT2D eigenvalue weighted by atomic mass is 10.1. The van der Waals surface area contributed by atoms with Crippen molar-refractivity contribution in [2.45, 2.75) is 11.9 Å². The van der Waals surface area contributed by atoms with Gasteiger partial charge in [-0.15, -0.1) is 0 Å². The van der Waals surface area contributed by atoms with Crippen molar-refractivity contribution in [2.75, 3.05) is 26.9 Å². The Kier molecular flexibility index (Phi) is 7.64. The molecular weight excluding hydrogens is 298 g/mol. The zero-order valence-corrected chi connectivity index (χ0v) is 12.0. The summed E-state index contributed by atoms with van der Waals surface area (Å²) in [6.45, 7) is 1.53. The van der Waals surface area contributed by atoms with Crippen LogP contribution in [0, 0.1) is 0 Å². The van der Waals surface area contributed by atoms with Gasteiger partial charge < -0.3 is 14.8 Å². The smallest absolute Gasteiger partial charge is 0.246 e. The molecule has 1 amide bonds. The molecule has 0 atom stereocenters. The van der Waals surface area contributed by atoms with Crippen LogP contribution in [0.25, 0.3) is 0 Å². The SMILES string of the molecule is COCCOCC(=O)NCc1ccc(CBr)cc1. The number of carbonyl (C=O) groups excluding carboxylic acids is 1. The van der Waals surface area contributed by atoms with Gasteiger partial charge in [0.25, 0.3) is 0 Å². The van der Waals surface area contributed by atoms with E-state index in [0.29, 0.717) is 19.8 Å². The van der Waals surface area contributed by atoms with Crippen molar-refractivity contribution in [3.8, 4) is 0 Å². The van der Waals surface area contributed by atoms with Gasteiger partial charge in [0, 0.05) is 19.0 Å². The summed E-state index contributed by atoms with van der Waals surface area (Å²) in [5.74, 6) is -0.115. The number of nitrogens with one attached hydrogen (secondary N) is 1. The second-order valence-corrected chi connectivity index (χ2v) is 4.33. The molecule has 0 aromatic heterocycles. The lowest BCUT2D eigenvalue weighted by Gasteiger charge is -2.06. The molecule has 0 saturated carbocycles. The molecule has 1 aromatic carbocycles. The van der Waals surface area contributed by atoms with Crippen LogP contribution in [0.1, 0.15) is 11.1 Å². The predicted octanol–water partition coefficient (Wildman–Crippen LogP) is 1.86. The standard InChI is InChI=1S/C13H18BrNO3/c1-17-6-7-18-10-13(16)15-9-12-4-2-11(8-14)3-5-12/h2-5H,6-10H2,1H3,(H,15,16). The summed E-state index contributed by atoms with van der Waals surface area (Å²) in [5, 5.41) is 3.64. The zero-order valence-electron chi connectivity index (χ0n) is 10.4. The van der Waals surface area contributed by atoms with E-state index in [1.165, 1.54) is 5.56 Å². The number of methoxy groups -OCH3 is 1. The summed E-state index contributed by atoms with van der Waals surface area (Å²) in [6.07, 6.45) is 0. The fourth-order valence-electron chi connectivity index (χ4n) is 1.31. The zero-order chi connectivity index (χ0) is 13.2. The molecule has 0 saturated heterocycles. The minimum atomic E-state index is -0.115. The van der Waals surface area contributed by atoms with E-state index in [-0.39, 0.29) is 12.5 Å². The molecule has 5 heteroatoms. The summed E-state index contributed by atoms with van der Waals surface area (Å²) < 4.78 is 9.93. The fraction of sp³-hybridized carbons (Fsp3) is 0.462. The number of carbonyl (C=O) groups is 1. The number of benzene rings is 1. The maximum atomic E-state index is 11.4. The van der Waals surface area contributed by atoms with Crippen molar-refractivity contribution < 1.29 is 14.3 Å². The van der Waals surface area contributed by atoms with Gasteiger partial charge in [-0.05, 0) is 11.1 Å². The molecule has 1 rings (SSSR count). The second-order valence-electron chi connectivity index (χ2n) is 3.77. The average molecular weight is 316 g/mol. The summed E-state index contributed by atoms with van der Waals surface area (Å²) in [5.41, 5.74) is 2.29. The van der Waals surface area contributed by atoms with Crippen molar-refractivity contribution in [3.63, 3.8) is 0 Å². The number of amides is 1. The second kappa shape index (κ2) is 9.08. The summed E-state index contributed by atoms with van der Waals surface area (Å²) >= 11 is 3.39. The van der Waals surface area contributed by atoms with Crippen molar-refractivity contribution in [2.24, 2.45) is 0 Å². The molecule has 100 valence electrons. The highest BCUT2D eigenvalue weighted by molar-refractivity contribution is 9.08. The third kappa shape index (κ3) is 6.14. The molecule has 0 unspecified atom stereocenters. The van der Waals surface area contributed by atoms with Crippen molar-refractivity contribution >= 4 is 21.8 Å². The molecule has 4 nitrogen and oxygen atoms in total. The number of hydrogen-bond donors (Lipinski definition) is 1. The molecule has 0 heterocycles. The molecule has 1 N–H and O–H groups in total. The van der Waals surface area contributed by atoms with Crippen LogP contribution in [-0.4, -0.2) is 32.8 Å². The van der Waals surface area contributed by atoms with Crippen LogP contribution in [0.15, 0.2) is 24.3 Å². The molecule has 0 aliphatic rings. The largest absolute Gasteiger partial charge is 0.382 e. The fourth-order valence-corrected chi connectivity index (χ4v) is 1.68. The first-order chi connectivity index (χ1) is 8.76. The third-order valence-corrected chi connectivity index (χ3v) is 2.98. The van der Waals surface area contributed by atoms with Crippen LogP contribution in [0.4, 0.5) is 0 Å². The number of alkyl halides is 1. The highest BCUT2D eigenvalue weighted by Crippen LogP contribution is 2.07. The topological polar surface area (TPSA) is 47.6 Å². The minimum absolute atomic E-state index is 0.0723. The van der Waals surface area contributed by atoms with Crippen LogP contribution in [0.3, 0.4) is 0 Å². The van der Waals surface area contributed by atoms with E-state index in [2.05, 4.69) is 21.2 Å². The van der Waals surface area contributed by atoms with Gasteiger partial charge in [0.2, 0.25) is 5.91 Å². The maximum Gasteiger partial charge on any atom is 0.246 e. The van der Waals surface area contributed by atoms with Gasteiger partial charge in [-0.2, -0.15) is 0 Å². The van der Waals surface area contributed by atoms with E-state index >= 15 is 0 Å². The van der Waals surface area contributed by atoms with Gasteiger partial charge in [0.05, 0.1) is 13.2 Å². The van der Waals surface area contributed by atoms with Crippen LogP contribution >= 0.6 is 15.9 Å². The lowest BCUT2D eigenvalue weighted by molar-refractivity contribution is -0.126. The van der Waals surface area contributed by atoms with E-state index in [0.717, 1.165) is 10.9 Å². The lowest BCUT2D eigenvalue weighted by Crippen LogP contribution is -2.27.